The molecule has 1 unspecified atom stereocenters. The quantitative estimate of drug-likeness (QED) is 0.326. The fourth-order valence-corrected chi connectivity index (χ4v) is 0.832. The molecule has 0 aromatic rings. The van der Waals surface area contributed by atoms with Crippen LogP contribution in [0.15, 0.2) is 36.5 Å². The second-order valence-electron chi connectivity index (χ2n) is 2.35. The summed E-state index contributed by atoms with van der Waals surface area (Å²) in [7, 11) is 0. The van der Waals surface area contributed by atoms with Crippen LogP contribution in [-0.4, -0.2) is 0 Å². The van der Waals surface area contributed by atoms with Gasteiger partial charge in [-0.1, -0.05) is 13.0 Å². The fraction of sp³-hybridized carbons (Fsp3) is 0.273. The molecule has 0 aliphatic rings. The topological polar surface area (TPSA) is 0 Å². The Morgan fingerprint density at radius 3 is 2.64 bits per heavy atom. The van der Waals surface area contributed by atoms with E-state index in [1.807, 2.05) is 38.5 Å². The van der Waals surface area contributed by atoms with Crippen LogP contribution < -0.4 is 0 Å². The Hall–Kier alpha value is -1.04. The summed E-state index contributed by atoms with van der Waals surface area (Å²) in [5.41, 5.74) is 1.14. The summed E-state index contributed by atoms with van der Waals surface area (Å²) in [4.78, 5) is 0. The van der Waals surface area contributed by atoms with Crippen LogP contribution in [0, 0.1) is 19.3 Å². The number of allylic oxidation sites excluding steroid dienone is 5. The molecule has 0 heterocycles. The Morgan fingerprint density at radius 1 is 1.64 bits per heavy atom. The van der Waals surface area contributed by atoms with E-state index in [0.717, 1.165) is 5.57 Å². The van der Waals surface area contributed by atoms with Crippen LogP contribution in [0.25, 0.3) is 0 Å². The average molecular weight is 148 g/mol. The van der Waals surface area contributed by atoms with Gasteiger partial charge in [0.25, 0.3) is 0 Å². The van der Waals surface area contributed by atoms with Crippen LogP contribution in [-0.2, 0) is 0 Å². The fourth-order valence-electron chi connectivity index (χ4n) is 0.832. The van der Waals surface area contributed by atoms with Gasteiger partial charge in [0.2, 0.25) is 0 Å². The van der Waals surface area contributed by atoms with Gasteiger partial charge in [-0.2, -0.15) is 24.6 Å². The molecule has 0 saturated carbocycles. The molecule has 0 aliphatic heterocycles. The second kappa shape index (κ2) is 5.72. The van der Waals surface area contributed by atoms with Crippen molar-refractivity contribution in [1.29, 1.82) is 0 Å². The number of rotatable bonds is 4. The predicted molar refractivity (Wildman–Crippen MR) is 51.9 cm³/mol. The van der Waals surface area contributed by atoms with Crippen molar-refractivity contribution in [3.63, 3.8) is 0 Å². The molecule has 0 nitrogen and oxygen atoms in total. The molecule has 0 rings (SSSR count). The molecule has 0 fully saturated rings. The lowest BCUT2D eigenvalue weighted by Crippen LogP contribution is -1.85. The lowest BCUT2D eigenvalue weighted by Gasteiger charge is -2.05. The molecule has 0 spiro atoms. The molecule has 0 aromatic carbocycles. The maximum absolute atomic E-state index is 3.93. The van der Waals surface area contributed by atoms with E-state index >= 15 is 0 Å². The van der Waals surface area contributed by atoms with Gasteiger partial charge in [0.05, 0.1) is 12.8 Å². The van der Waals surface area contributed by atoms with Crippen molar-refractivity contribution in [1.82, 2.24) is 0 Å². The summed E-state index contributed by atoms with van der Waals surface area (Å²) >= 11 is 0. The van der Waals surface area contributed by atoms with E-state index in [2.05, 4.69) is 19.6 Å². The van der Waals surface area contributed by atoms with Gasteiger partial charge in [0.15, 0.2) is 0 Å². The molecule has 0 N–H and O–H groups in total. The molecule has 0 amide bonds. The minimum atomic E-state index is 0.254. The number of hydrogen-bond donors (Lipinski definition) is 0. The minimum absolute atomic E-state index is 0.254. The summed E-state index contributed by atoms with van der Waals surface area (Å²) in [6, 6.07) is 0. The highest BCUT2D eigenvalue weighted by molar-refractivity contribution is 5.26. The van der Waals surface area contributed by atoms with E-state index in [1.165, 1.54) is 0 Å². The summed E-state index contributed by atoms with van der Waals surface area (Å²) in [6.07, 6.45) is 9.99. The van der Waals surface area contributed by atoms with Gasteiger partial charge in [0, 0.05) is 0 Å². The van der Waals surface area contributed by atoms with Crippen molar-refractivity contribution in [2.45, 2.75) is 13.8 Å². The summed E-state index contributed by atoms with van der Waals surface area (Å²) in [6.45, 7) is 11.6. The highest BCUT2D eigenvalue weighted by Crippen LogP contribution is 2.07. The SMILES string of the molecule is C=CC(=CC([CH2+])C=CC)[CH-]C. The normalized spacial score (nSPS) is 14.9. The molecule has 1 atom stereocenters. The Balaban J connectivity index is 4.13. The highest BCUT2D eigenvalue weighted by atomic mass is 14.0. The third kappa shape index (κ3) is 4.38. The monoisotopic (exact) mass is 148 g/mol. The van der Waals surface area contributed by atoms with Crippen LogP contribution in [0.1, 0.15) is 13.8 Å². The Bertz CT molecular complexity index is 161. The first-order valence-electron chi connectivity index (χ1n) is 3.84. The van der Waals surface area contributed by atoms with Crippen molar-refractivity contribution in [2.24, 2.45) is 5.92 Å². The van der Waals surface area contributed by atoms with Crippen molar-refractivity contribution in [2.75, 3.05) is 0 Å². The summed E-state index contributed by atoms with van der Waals surface area (Å²) < 4.78 is 0. The molecule has 11 heavy (non-hydrogen) atoms. The van der Waals surface area contributed by atoms with Gasteiger partial charge in [0.1, 0.15) is 0 Å². The van der Waals surface area contributed by atoms with Crippen LogP contribution in [0.4, 0.5) is 0 Å². The van der Waals surface area contributed by atoms with E-state index < -0.39 is 0 Å². The molecular formula is C11H16. The Kier molecular flexibility index (Phi) is 5.18. The van der Waals surface area contributed by atoms with Gasteiger partial charge in [-0.25, -0.2) is 0 Å². The maximum atomic E-state index is 3.93. The Morgan fingerprint density at radius 2 is 2.27 bits per heavy atom. The molecule has 0 heteroatoms. The summed E-state index contributed by atoms with van der Waals surface area (Å²) in [5, 5.41) is 0. The zero-order valence-electron chi connectivity index (χ0n) is 7.38. The van der Waals surface area contributed by atoms with Gasteiger partial charge < -0.3 is 0 Å². The lowest BCUT2D eigenvalue weighted by atomic mass is 10.1. The van der Waals surface area contributed by atoms with E-state index in [1.54, 1.807) is 0 Å². The highest BCUT2D eigenvalue weighted by Gasteiger charge is 1.92. The van der Waals surface area contributed by atoms with Crippen molar-refractivity contribution >= 4 is 0 Å². The molecule has 0 aliphatic carbocycles. The van der Waals surface area contributed by atoms with E-state index in [-0.39, 0.29) is 5.92 Å². The van der Waals surface area contributed by atoms with Crippen LogP contribution in [0.2, 0.25) is 0 Å². The van der Waals surface area contributed by atoms with Gasteiger partial charge >= 0.3 is 0 Å². The van der Waals surface area contributed by atoms with Crippen LogP contribution in [0.5, 0.6) is 0 Å². The first kappa shape index (κ1) is 9.96. The van der Waals surface area contributed by atoms with Crippen molar-refractivity contribution < 1.29 is 0 Å². The zero-order chi connectivity index (χ0) is 8.69. The molecule has 0 bridgehead atoms. The van der Waals surface area contributed by atoms with E-state index in [0.29, 0.717) is 0 Å². The van der Waals surface area contributed by atoms with E-state index in [9.17, 15) is 0 Å². The molecule has 60 valence electrons. The molecule has 0 radical (unpaired) electrons. The average Bonchev–Trinajstić information content (AvgIpc) is 2.01. The van der Waals surface area contributed by atoms with Gasteiger partial charge in [-0.3, -0.25) is 0 Å². The zero-order valence-corrected chi connectivity index (χ0v) is 7.38. The molecular weight excluding hydrogens is 132 g/mol. The largest absolute Gasteiger partial charge is 0.192 e. The number of hydrogen-bond acceptors (Lipinski definition) is 0. The first-order valence-corrected chi connectivity index (χ1v) is 3.84. The van der Waals surface area contributed by atoms with Gasteiger partial charge in [-0.05, 0) is 13.0 Å². The smallest absolute Gasteiger partial charge is 0.0902 e. The van der Waals surface area contributed by atoms with Crippen molar-refractivity contribution in [3.8, 4) is 0 Å². The predicted octanol–water partition coefficient (Wildman–Crippen LogP) is 3.35. The molecule has 0 aromatic heterocycles. The van der Waals surface area contributed by atoms with Crippen LogP contribution >= 0.6 is 0 Å². The second-order valence-corrected chi connectivity index (χ2v) is 2.35. The van der Waals surface area contributed by atoms with Crippen molar-refractivity contribution in [3.05, 3.63) is 49.8 Å². The third-order valence-electron chi connectivity index (χ3n) is 1.42. The molecule has 0 saturated heterocycles. The maximum Gasteiger partial charge on any atom is 0.0902 e. The minimum Gasteiger partial charge on any atom is -0.192 e. The first-order chi connectivity index (χ1) is 5.24. The standard InChI is InChI=1S/C11H16/c1-5-8-10(4)9-11(6-2)7-3/h5-10H,2,4H2,1,3H3. The summed E-state index contributed by atoms with van der Waals surface area (Å²) in [5.74, 6) is 0.254. The third-order valence-corrected chi connectivity index (χ3v) is 1.42. The Labute approximate surface area is 70.3 Å². The van der Waals surface area contributed by atoms with Gasteiger partial charge in [-0.15, -0.1) is 6.08 Å². The van der Waals surface area contributed by atoms with E-state index in [4.69, 9.17) is 0 Å². The van der Waals surface area contributed by atoms with Crippen LogP contribution in [0.3, 0.4) is 0 Å². The lowest BCUT2D eigenvalue weighted by molar-refractivity contribution is 1.05.